The quantitative estimate of drug-likeness (QED) is 0.705. The number of pyridine rings is 1. The summed E-state index contributed by atoms with van der Waals surface area (Å²) >= 11 is 1.08. The third-order valence-electron chi connectivity index (χ3n) is 2.27. The molecule has 0 amide bonds. The topological polar surface area (TPSA) is 54.6 Å². The number of rotatable bonds is 1. The normalized spacial score (nSPS) is 11.3. The van der Waals surface area contributed by atoms with Crippen molar-refractivity contribution in [3.8, 4) is 0 Å². The van der Waals surface area contributed by atoms with Crippen LogP contribution in [-0.4, -0.2) is 20.5 Å². The lowest BCUT2D eigenvalue weighted by molar-refractivity contribution is 0.0702. The summed E-state index contributed by atoms with van der Waals surface area (Å²) in [7, 11) is 0. The number of imidazole rings is 1. The van der Waals surface area contributed by atoms with Crippen molar-refractivity contribution < 1.29 is 14.3 Å². The summed E-state index contributed by atoms with van der Waals surface area (Å²) < 4.78 is 14.6. The van der Waals surface area contributed by atoms with Crippen molar-refractivity contribution in [1.82, 2.24) is 9.38 Å². The van der Waals surface area contributed by atoms with E-state index in [1.54, 1.807) is 10.5 Å². The lowest BCUT2D eigenvalue weighted by Crippen LogP contribution is -1.91. The molecule has 3 aromatic heterocycles. The summed E-state index contributed by atoms with van der Waals surface area (Å²) in [6, 6.07) is 4.38. The van der Waals surface area contributed by atoms with Gasteiger partial charge in [0.05, 0.1) is 5.52 Å². The highest BCUT2D eigenvalue weighted by Crippen LogP contribution is 2.26. The molecule has 0 saturated carbocycles. The van der Waals surface area contributed by atoms with Crippen molar-refractivity contribution in [2.45, 2.75) is 0 Å². The van der Waals surface area contributed by atoms with E-state index >= 15 is 0 Å². The Bertz CT molecular complexity index is 716. The number of fused-ring (bicyclic) bond motifs is 3. The van der Waals surface area contributed by atoms with Crippen LogP contribution in [0.15, 0.2) is 24.4 Å². The van der Waals surface area contributed by atoms with Gasteiger partial charge in [-0.3, -0.25) is 4.40 Å². The Hall–Kier alpha value is -1.95. The van der Waals surface area contributed by atoms with Gasteiger partial charge in [0.2, 0.25) is 0 Å². The molecule has 0 saturated heterocycles. The van der Waals surface area contributed by atoms with Crippen LogP contribution in [0.2, 0.25) is 0 Å². The lowest BCUT2D eigenvalue weighted by atomic mass is 10.4. The maximum absolute atomic E-state index is 13.0. The zero-order valence-electron chi connectivity index (χ0n) is 7.85. The SMILES string of the molecule is O=C(O)c1cc2c(nc3ccc(F)cn32)s1. The second-order valence-electron chi connectivity index (χ2n) is 3.29. The molecule has 1 N–H and O–H groups in total. The number of halogens is 1. The molecule has 0 aromatic carbocycles. The molecule has 0 aliphatic carbocycles. The van der Waals surface area contributed by atoms with Gasteiger partial charge < -0.3 is 5.11 Å². The maximum atomic E-state index is 13.0. The zero-order chi connectivity index (χ0) is 11.3. The molecule has 0 aliphatic rings. The van der Waals surface area contributed by atoms with Crippen LogP contribution >= 0.6 is 11.3 Å². The van der Waals surface area contributed by atoms with Gasteiger partial charge >= 0.3 is 5.97 Å². The van der Waals surface area contributed by atoms with Crippen LogP contribution < -0.4 is 0 Å². The maximum Gasteiger partial charge on any atom is 0.346 e. The number of nitrogens with zero attached hydrogens (tertiary/aromatic N) is 2. The molecule has 3 aromatic rings. The number of aromatic carboxylic acids is 1. The molecular weight excluding hydrogens is 231 g/mol. The van der Waals surface area contributed by atoms with E-state index in [0.717, 1.165) is 11.3 Å². The number of hydrogen-bond donors (Lipinski definition) is 1. The third-order valence-corrected chi connectivity index (χ3v) is 3.28. The summed E-state index contributed by atoms with van der Waals surface area (Å²) in [5, 5.41) is 8.83. The molecular formula is C10H5FN2O2S. The standard InChI is InChI=1S/C10H5FN2O2S/c11-5-1-2-8-12-9-6(13(8)4-5)3-7(16-9)10(14)15/h1-4H,(H,14,15). The Morgan fingerprint density at radius 2 is 2.31 bits per heavy atom. The van der Waals surface area contributed by atoms with Crippen LogP contribution in [0.25, 0.3) is 16.0 Å². The average Bonchev–Trinajstić information content (AvgIpc) is 2.75. The Labute approximate surface area is 92.6 Å². The molecule has 0 unspecified atom stereocenters. The number of carboxylic acids is 1. The van der Waals surface area contributed by atoms with Crippen LogP contribution in [0.3, 0.4) is 0 Å². The fraction of sp³-hybridized carbons (Fsp3) is 0. The molecule has 0 radical (unpaired) electrons. The fourth-order valence-electron chi connectivity index (χ4n) is 1.58. The van der Waals surface area contributed by atoms with Gasteiger partial charge in [-0.2, -0.15) is 0 Å². The second-order valence-corrected chi connectivity index (χ2v) is 4.32. The molecule has 0 fully saturated rings. The van der Waals surface area contributed by atoms with Crippen LogP contribution in [0.4, 0.5) is 4.39 Å². The summed E-state index contributed by atoms with van der Waals surface area (Å²) in [6.07, 6.45) is 1.29. The first-order valence-corrected chi connectivity index (χ1v) is 5.27. The first kappa shape index (κ1) is 9.29. The number of carbonyl (C=O) groups is 1. The number of carboxylic acid groups (broad SMARTS) is 1. The predicted octanol–water partition coefficient (Wildman–Crippen LogP) is 2.39. The van der Waals surface area contributed by atoms with E-state index in [-0.39, 0.29) is 10.7 Å². The van der Waals surface area contributed by atoms with Gasteiger partial charge in [0.1, 0.15) is 21.2 Å². The molecule has 0 aliphatic heterocycles. The predicted molar refractivity (Wildman–Crippen MR) is 57.5 cm³/mol. The minimum atomic E-state index is -0.992. The molecule has 0 atom stereocenters. The van der Waals surface area contributed by atoms with Gasteiger partial charge in [-0.1, -0.05) is 0 Å². The van der Waals surface area contributed by atoms with E-state index < -0.39 is 5.97 Å². The van der Waals surface area contributed by atoms with E-state index in [1.165, 1.54) is 18.3 Å². The van der Waals surface area contributed by atoms with Gasteiger partial charge in [0.15, 0.2) is 0 Å². The second kappa shape index (κ2) is 3.02. The fourth-order valence-corrected chi connectivity index (χ4v) is 2.45. The summed E-state index contributed by atoms with van der Waals surface area (Å²) in [5.41, 5.74) is 1.23. The Kier molecular flexibility index (Phi) is 1.75. The highest BCUT2D eigenvalue weighted by Gasteiger charge is 2.13. The smallest absolute Gasteiger partial charge is 0.346 e. The van der Waals surface area contributed by atoms with Gasteiger partial charge in [0, 0.05) is 6.20 Å². The molecule has 4 nitrogen and oxygen atoms in total. The molecule has 16 heavy (non-hydrogen) atoms. The summed E-state index contributed by atoms with van der Waals surface area (Å²) in [4.78, 5) is 15.8. The Balaban J connectivity index is 2.40. The molecule has 0 spiro atoms. The van der Waals surface area contributed by atoms with Gasteiger partial charge in [0.25, 0.3) is 0 Å². The van der Waals surface area contributed by atoms with E-state index in [9.17, 15) is 9.18 Å². The third kappa shape index (κ3) is 1.20. The Morgan fingerprint density at radius 3 is 3.06 bits per heavy atom. The van der Waals surface area contributed by atoms with E-state index in [0.29, 0.717) is 16.0 Å². The molecule has 3 rings (SSSR count). The highest BCUT2D eigenvalue weighted by atomic mass is 32.1. The van der Waals surface area contributed by atoms with Crippen molar-refractivity contribution in [3.05, 3.63) is 35.1 Å². The van der Waals surface area contributed by atoms with Crippen LogP contribution in [0.1, 0.15) is 9.67 Å². The van der Waals surface area contributed by atoms with Crippen molar-refractivity contribution in [2.24, 2.45) is 0 Å². The zero-order valence-corrected chi connectivity index (χ0v) is 8.66. The average molecular weight is 236 g/mol. The largest absolute Gasteiger partial charge is 0.477 e. The number of aromatic nitrogens is 2. The summed E-state index contributed by atoms with van der Waals surface area (Å²) in [6.45, 7) is 0. The summed E-state index contributed by atoms with van der Waals surface area (Å²) in [5.74, 6) is -1.37. The lowest BCUT2D eigenvalue weighted by Gasteiger charge is -1.93. The molecule has 6 heteroatoms. The first-order chi connectivity index (χ1) is 7.65. The van der Waals surface area contributed by atoms with E-state index in [2.05, 4.69) is 4.98 Å². The molecule has 80 valence electrons. The van der Waals surface area contributed by atoms with Crippen LogP contribution in [0.5, 0.6) is 0 Å². The van der Waals surface area contributed by atoms with Crippen molar-refractivity contribution >= 4 is 33.3 Å². The van der Waals surface area contributed by atoms with Crippen molar-refractivity contribution in [3.63, 3.8) is 0 Å². The minimum absolute atomic E-state index is 0.205. The number of thiophene rings is 1. The molecule has 3 heterocycles. The first-order valence-electron chi connectivity index (χ1n) is 4.45. The van der Waals surface area contributed by atoms with Gasteiger partial charge in [-0.05, 0) is 18.2 Å². The van der Waals surface area contributed by atoms with Crippen LogP contribution in [-0.2, 0) is 0 Å². The van der Waals surface area contributed by atoms with Crippen molar-refractivity contribution in [2.75, 3.05) is 0 Å². The number of hydrogen-bond acceptors (Lipinski definition) is 3. The van der Waals surface area contributed by atoms with Crippen LogP contribution in [0, 0.1) is 5.82 Å². The Morgan fingerprint density at radius 1 is 1.50 bits per heavy atom. The molecule has 0 bridgehead atoms. The van der Waals surface area contributed by atoms with E-state index in [1.807, 2.05) is 0 Å². The van der Waals surface area contributed by atoms with Gasteiger partial charge in [-0.25, -0.2) is 14.2 Å². The monoisotopic (exact) mass is 236 g/mol. The minimum Gasteiger partial charge on any atom is -0.477 e. The highest BCUT2D eigenvalue weighted by molar-refractivity contribution is 7.20. The van der Waals surface area contributed by atoms with Crippen molar-refractivity contribution in [1.29, 1.82) is 0 Å². The van der Waals surface area contributed by atoms with Gasteiger partial charge in [-0.15, -0.1) is 11.3 Å². The van der Waals surface area contributed by atoms with E-state index in [4.69, 9.17) is 5.11 Å².